The number of unbranched alkanes of at least 4 members (excludes halogenated alkanes) is 3. The molecule has 148 valence electrons. The van der Waals surface area contributed by atoms with Gasteiger partial charge in [0.2, 0.25) is 0 Å². The number of hydrogen-bond donors (Lipinski definition) is 0. The van der Waals surface area contributed by atoms with Gasteiger partial charge in [-0.2, -0.15) is 8.42 Å². The van der Waals surface area contributed by atoms with Crippen molar-refractivity contribution in [2.75, 3.05) is 17.3 Å². The Morgan fingerprint density at radius 2 is 1.69 bits per heavy atom. The van der Waals surface area contributed by atoms with Crippen LogP contribution in [0.2, 0.25) is 0 Å². The van der Waals surface area contributed by atoms with E-state index in [1.54, 1.807) is 24.3 Å². The van der Waals surface area contributed by atoms with E-state index in [1.807, 2.05) is 6.92 Å². The Morgan fingerprint density at radius 3 is 2.31 bits per heavy atom. The molecule has 0 saturated carbocycles. The zero-order valence-corrected chi connectivity index (χ0v) is 17.7. The van der Waals surface area contributed by atoms with E-state index in [2.05, 4.69) is 6.92 Å². The second-order valence-corrected chi connectivity index (χ2v) is 12.2. The van der Waals surface area contributed by atoms with Gasteiger partial charge in [0.05, 0.1) is 10.6 Å². The van der Waals surface area contributed by atoms with Crippen molar-refractivity contribution in [2.45, 2.75) is 70.1 Å². The van der Waals surface area contributed by atoms with Crippen molar-refractivity contribution in [1.82, 2.24) is 0 Å². The Hall–Kier alpha value is -0.850. The summed E-state index contributed by atoms with van der Waals surface area (Å²) in [5.74, 6) is 1.90. The first-order valence-corrected chi connectivity index (χ1v) is 13.2. The van der Waals surface area contributed by atoms with Crippen LogP contribution in [0.5, 0.6) is 0 Å². The third-order valence-corrected chi connectivity index (χ3v) is 10.4. The smallest absolute Gasteiger partial charge is 0.299 e. The van der Waals surface area contributed by atoms with E-state index in [0.29, 0.717) is 12.2 Å². The lowest BCUT2D eigenvalue weighted by atomic mass is 10.1. The molecular formula is C20H32O4S2. The number of Topliss-reactive ketones (excluding diaryl/α,β-unsaturated/α-hetero) is 1. The van der Waals surface area contributed by atoms with Gasteiger partial charge in [0.25, 0.3) is 0 Å². The highest BCUT2D eigenvalue weighted by atomic mass is 32.3. The Labute approximate surface area is 160 Å². The zero-order valence-electron chi connectivity index (χ0n) is 16.0. The number of ketones is 1. The third kappa shape index (κ3) is 6.39. The summed E-state index contributed by atoms with van der Waals surface area (Å²) in [5, 5.41) is 0. The Bertz CT molecular complexity index is 674. The van der Waals surface area contributed by atoms with Gasteiger partial charge in [-0.1, -0.05) is 50.3 Å². The van der Waals surface area contributed by atoms with Crippen LogP contribution < -0.4 is 0 Å². The number of aryl methyl sites for hydroxylation is 1. The molecule has 0 spiro atoms. The van der Waals surface area contributed by atoms with E-state index in [4.69, 9.17) is 3.63 Å². The molecule has 0 aliphatic carbocycles. The van der Waals surface area contributed by atoms with Crippen LogP contribution in [0, 0.1) is 6.92 Å². The minimum atomic E-state index is -3.83. The van der Waals surface area contributed by atoms with Gasteiger partial charge in [-0.25, -0.2) is 3.63 Å². The molecule has 1 aromatic rings. The molecule has 0 N–H and O–H groups in total. The molecule has 2 rings (SSSR count). The summed E-state index contributed by atoms with van der Waals surface area (Å²) in [7, 11) is -5.72. The molecule has 0 aromatic heterocycles. The van der Waals surface area contributed by atoms with Crippen molar-refractivity contribution in [3.63, 3.8) is 0 Å². The predicted molar refractivity (Wildman–Crippen MR) is 109 cm³/mol. The third-order valence-electron chi connectivity index (χ3n) is 4.81. The second kappa shape index (κ2) is 9.90. The molecule has 1 aliphatic heterocycles. The molecular weight excluding hydrogens is 368 g/mol. The molecule has 26 heavy (non-hydrogen) atoms. The molecule has 0 bridgehead atoms. The highest BCUT2D eigenvalue weighted by Crippen LogP contribution is 2.55. The summed E-state index contributed by atoms with van der Waals surface area (Å²) in [6.07, 6.45) is 7.77. The van der Waals surface area contributed by atoms with Gasteiger partial charge in [-0.05, 0) is 38.3 Å². The maximum absolute atomic E-state index is 12.8. The SMILES string of the molecule is CCCCCCC(=O)CS1(OS(=O)(=O)c2ccc(C)cc2)CCCCC1. The first kappa shape index (κ1) is 21.5. The molecule has 0 amide bonds. The monoisotopic (exact) mass is 400 g/mol. The highest BCUT2D eigenvalue weighted by Gasteiger charge is 2.35. The van der Waals surface area contributed by atoms with Crippen molar-refractivity contribution < 1.29 is 16.8 Å². The lowest BCUT2D eigenvalue weighted by Gasteiger charge is -2.40. The van der Waals surface area contributed by atoms with Crippen molar-refractivity contribution >= 4 is 26.2 Å². The Balaban J connectivity index is 2.08. The summed E-state index contributed by atoms with van der Waals surface area (Å²) in [6.45, 7) is 4.06. The van der Waals surface area contributed by atoms with Crippen LogP contribution in [-0.2, 0) is 18.5 Å². The molecule has 0 radical (unpaired) electrons. The Morgan fingerprint density at radius 1 is 1.04 bits per heavy atom. The molecule has 1 aliphatic rings. The second-order valence-electron chi connectivity index (χ2n) is 7.26. The molecule has 1 aromatic carbocycles. The fraction of sp³-hybridized carbons (Fsp3) is 0.650. The average molecular weight is 401 g/mol. The fourth-order valence-electron chi connectivity index (χ4n) is 3.29. The highest BCUT2D eigenvalue weighted by molar-refractivity contribution is 8.33. The van der Waals surface area contributed by atoms with Gasteiger partial charge in [-0.3, -0.25) is 4.79 Å². The topological polar surface area (TPSA) is 60.4 Å². The van der Waals surface area contributed by atoms with Gasteiger partial charge in [0, 0.05) is 17.9 Å². The fourth-order valence-corrected chi connectivity index (χ4v) is 9.02. The lowest BCUT2D eigenvalue weighted by molar-refractivity contribution is -0.116. The van der Waals surface area contributed by atoms with E-state index >= 15 is 0 Å². The minimum absolute atomic E-state index is 0.164. The van der Waals surface area contributed by atoms with Gasteiger partial charge in [0.1, 0.15) is 5.78 Å². The summed E-state index contributed by atoms with van der Waals surface area (Å²) < 4.78 is 31.4. The summed E-state index contributed by atoms with van der Waals surface area (Å²) in [4.78, 5) is 12.7. The van der Waals surface area contributed by atoms with Gasteiger partial charge < -0.3 is 0 Å². The van der Waals surface area contributed by atoms with Crippen LogP contribution in [0.1, 0.15) is 63.9 Å². The maximum atomic E-state index is 12.8. The molecule has 0 unspecified atom stereocenters. The Kier molecular flexibility index (Phi) is 8.17. The predicted octanol–water partition coefficient (Wildman–Crippen LogP) is 5.14. The first-order valence-electron chi connectivity index (χ1n) is 9.68. The molecule has 0 atom stereocenters. The number of benzene rings is 1. The largest absolute Gasteiger partial charge is 0.306 e. The summed E-state index contributed by atoms with van der Waals surface area (Å²) >= 11 is 0. The number of rotatable bonds is 10. The molecule has 6 heteroatoms. The zero-order chi connectivity index (χ0) is 19.0. The van der Waals surface area contributed by atoms with Crippen LogP contribution >= 0.6 is 10.3 Å². The van der Waals surface area contributed by atoms with Crippen molar-refractivity contribution in [3.8, 4) is 0 Å². The summed E-state index contributed by atoms with van der Waals surface area (Å²) in [5.41, 5.74) is 1.01. The quantitative estimate of drug-likeness (QED) is 0.510. The van der Waals surface area contributed by atoms with Crippen molar-refractivity contribution in [2.24, 2.45) is 0 Å². The van der Waals surface area contributed by atoms with E-state index in [-0.39, 0.29) is 10.7 Å². The molecule has 4 nitrogen and oxygen atoms in total. The van der Waals surface area contributed by atoms with E-state index in [1.165, 1.54) is 0 Å². The van der Waals surface area contributed by atoms with Crippen molar-refractivity contribution in [3.05, 3.63) is 29.8 Å². The standard InChI is InChI=1S/C20H32O4S2/c1-3-4-5-7-10-19(21)17-25(15-8-6-9-16-25)24-26(22,23)20-13-11-18(2)12-14-20/h11-14H,3-10,15-17H2,1-2H3. The first-order chi connectivity index (χ1) is 12.4. The van der Waals surface area contributed by atoms with E-state index in [0.717, 1.165) is 62.0 Å². The van der Waals surface area contributed by atoms with Crippen LogP contribution in [0.15, 0.2) is 29.2 Å². The van der Waals surface area contributed by atoms with Crippen LogP contribution in [0.25, 0.3) is 0 Å². The van der Waals surface area contributed by atoms with E-state index in [9.17, 15) is 13.2 Å². The maximum Gasteiger partial charge on any atom is 0.306 e. The van der Waals surface area contributed by atoms with Crippen molar-refractivity contribution in [1.29, 1.82) is 0 Å². The van der Waals surface area contributed by atoms with Gasteiger partial charge >= 0.3 is 10.1 Å². The average Bonchev–Trinajstić information content (AvgIpc) is 2.59. The normalized spacial score (nSPS) is 18.4. The lowest BCUT2D eigenvalue weighted by Crippen LogP contribution is -2.27. The van der Waals surface area contributed by atoms with Crippen LogP contribution in [-0.4, -0.2) is 31.5 Å². The van der Waals surface area contributed by atoms with E-state index < -0.39 is 20.4 Å². The number of carbonyl (C=O) groups is 1. The molecule has 1 saturated heterocycles. The minimum Gasteiger partial charge on any atom is -0.299 e. The molecule has 1 fully saturated rings. The number of hydrogen-bond acceptors (Lipinski definition) is 4. The molecule has 1 heterocycles. The van der Waals surface area contributed by atoms with Crippen LogP contribution in [0.4, 0.5) is 0 Å². The van der Waals surface area contributed by atoms with Gasteiger partial charge in [-0.15, -0.1) is 10.3 Å². The summed E-state index contributed by atoms with van der Waals surface area (Å²) in [6, 6.07) is 6.73. The van der Waals surface area contributed by atoms with Gasteiger partial charge in [0.15, 0.2) is 0 Å². The van der Waals surface area contributed by atoms with Crippen LogP contribution in [0.3, 0.4) is 0 Å². The number of carbonyl (C=O) groups excluding carboxylic acids is 1.